The van der Waals surface area contributed by atoms with Gasteiger partial charge in [0.2, 0.25) is 0 Å². The Kier molecular flexibility index (Phi) is 5.19. The minimum absolute atomic E-state index is 0.157. The normalized spacial score (nSPS) is 10.8. The van der Waals surface area contributed by atoms with E-state index < -0.39 is 0 Å². The van der Waals surface area contributed by atoms with Crippen LogP contribution in [0.3, 0.4) is 0 Å². The van der Waals surface area contributed by atoms with Crippen molar-refractivity contribution < 1.29 is 4.79 Å². The van der Waals surface area contributed by atoms with Gasteiger partial charge in [0.15, 0.2) is 0 Å². The zero-order valence-corrected chi connectivity index (χ0v) is 16.6. The number of para-hydroxylation sites is 2. The predicted molar refractivity (Wildman–Crippen MR) is 118 cm³/mol. The van der Waals surface area contributed by atoms with Crippen LogP contribution in [0.25, 0.3) is 10.9 Å². The fourth-order valence-electron chi connectivity index (χ4n) is 3.35. The number of hydrogen-bond donors (Lipinski definition) is 1. The Hall–Kier alpha value is -3.37. The van der Waals surface area contributed by atoms with Crippen molar-refractivity contribution >= 4 is 34.1 Å². The van der Waals surface area contributed by atoms with E-state index in [1.165, 1.54) is 0 Å². The summed E-state index contributed by atoms with van der Waals surface area (Å²) in [5.74, 6) is -0.198. The summed E-state index contributed by atoms with van der Waals surface area (Å²) >= 11 is 5.96. The molecule has 0 saturated heterocycles. The molecule has 5 heteroatoms. The first-order valence-corrected chi connectivity index (χ1v) is 9.65. The zero-order chi connectivity index (χ0) is 20.4. The zero-order valence-electron chi connectivity index (χ0n) is 15.9. The SMILES string of the molecule is Cc1cccc2cc(CN(C(=O)c3ccc(Cl)cc3)c3ccccc3)c(=O)[nH]c12. The van der Waals surface area contributed by atoms with Crippen LogP contribution < -0.4 is 10.5 Å². The molecule has 0 spiro atoms. The number of amides is 1. The molecule has 1 amide bonds. The molecule has 0 aliphatic heterocycles. The summed E-state index contributed by atoms with van der Waals surface area (Å²) in [5.41, 5.74) is 3.37. The van der Waals surface area contributed by atoms with Crippen LogP contribution in [0.5, 0.6) is 0 Å². The minimum atomic E-state index is -0.198. The van der Waals surface area contributed by atoms with E-state index in [0.717, 1.165) is 22.2 Å². The first-order valence-electron chi connectivity index (χ1n) is 9.27. The first-order chi connectivity index (χ1) is 14.0. The lowest BCUT2D eigenvalue weighted by atomic mass is 10.1. The number of aromatic amines is 1. The van der Waals surface area contributed by atoms with Gasteiger partial charge in [-0.15, -0.1) is 0 Å². The van der Waals surface area contributed by atoms with Crippen LogP contribution in [0.4, 0.5) is 5.69 Å². The first kappa shape index (κ1) is 19.0. The third-order valence-electron chi connectivity index (χ3n) is 4.90. The summed E-state index contributed by atoms with van der Waals surface area (Å²) in [7, 11) is 0. The number of carbonyl (C=O) groups excluding carboxylic acids is 1. The van der Waals surface area contributed by atoms with Crippen molar-refractivity contribution in [3.05, 3.63) is 111 Å². The molecule has 0 fully saturated rings. The molecule has 1 aromatic heterocycles. The molecule has 4 rings (SSSR count). The molecule has 0 aliphatic rings. The summed E-state index contributed by atoms with van der Waals surface area (Å²) in [5, 5.41) is 1.50. The topological polar surface area (TPSA) is 53.2 Å². The summed E-state index contributed by atoms with van der Waals surface area (Å²) in [4.78, 5) is 30.6. The van der Waals surface area contributed by atoms with Gasteiger partial charge in [0.1, 0.15) is 0 Å². The molecule has 4 aromatic rings. The Bertz CT molecular complexity index is 1230. The van der Waals surface area contributed by atoms with Gasteiger partial charge < -0.3 is 9.88 Å². The quantitative estimate of drug-likeness (QED) is 0.501. The maximum absolute atomic E-state index is 13.3. The van der Waals surface area contributed by atoms with Crippen molar-refractivity contribution in [2.45, 2.75) is 13.5 Å². The molecule has 0 unspecified atom stereocenters. The largest absolute Gasteiger partial charge is 0.321 e. The number of fused-ring (bicyclic) bond motifs is 1. The number of nitrogens with zero attached hydrogens (tertiary/aromatic N) is 1. The van der Waals surface area contributed by atoms with Crippen LogP contribution in [-0.4, -0.2) is 10.9 Å². The molecule has 29 heavy (non-hydrogen) atoms. The second kappa shape index (κ2) is 7.94. The Balaban J connectivity index is 1.77. The second-order valence-corrected chi connectivity index (χ2v) is 7.33. The number of aromatic nitrogens is 1. The van der Waals surface area contributed by atoms with E-state index in [9.17, 15) is 9.59 Å². The van der Waals surface area contributed by atoms with Crippen molar-refractivity contribution in [3.8, 4) is 0 Å². The number of carbonyl (C=O) groups is 1. The highest BCUT2D eigenvalue weighted by atomic mass is 35.5. The van der Waals surface area contributed by atoms with Crippen LogP contribution in [0.2, 0.25) is 5.02 Å². The van der Waals surface area contributed by atoms with Gasteiger partial charge in [0, 0.05) is 21.8 Å². The van der Waals surface area contributed by atoms with Crippen LogP contribution in [0, 0.1) is 6.92 Å². The number of H-pyrrole nitrogens is 1. The number of pyridine rings is 1. The number of anilines is 1. The molecule has 0 atom stereocenters. The third kappa shape index (κ3) is 3.93. The molecule has 1 N–H and O–H groups in total. The lowest BCUT2D eigenvalue weighted by Crippen LogP contribution is -2.32. The van der Waals surface area contributed by atoms with Crippen molar-refractivity contribution in [2.75, 3.05) is 4.90 Å². The monoisotopic (exact) mass is 402 g/mol. The van der Waals surface area contributed by atoms with E-state index in [1.54, 1.807) is 29.2 Å². The highest BCUT2D eigenvalue weighted by Gasteiger charge is 2.20. The molecule has 1 heterocycles. The number of halogens is 1. The maximum Gasteiger partial charge on any atom is 0.258 e. The van der Waals surface area contributed by atoms with Gasteiger partial charge in [-0.3, -0.25) is 9.59 Å². The van der Waals surface area contributed by atoms with Crippen LogP contribution in [0.1, 0.15) is 21.5 Å². The average Bonchev–Trinajstić information content (AvgIpc) is 2.74. The van der Waals surface area contributed by atoms with Crippen LogP contribution in [0.15, 0.2) is 83.7 Å². The number of aryl methyl sites for hydroxylation is 1. The fraction of sp³-hybridized carbons (Fsp3) is 0.0833. The van der Waals surface area contributed by atoms with Gasteiger partial charge in [-0.05, 0) is 60.3 Å². The van der Waals surface area contributed by atoms with Gasteiger partial charge in [-0.2, -0.15) is 0 Å². The summed E-state index contributed by atoms with van der Waals surface area (Å²) in [6, 6.07) is 23.8. The van der Waals surface area contributed by atoms with Crippen molar-refractivity contribution in [3.63, 3.8) is 0 Å². The number of nitrogens with one attached hydrogen (secondary N) is 1. The molecular weight excluding hydrogens is 384 g/mol. The van der Waals surface area contributed by atoms with E-state index in [0.29, 0.717) is 16.1 Å². The summed E-state index contributed by atoms with van der Waals surface area (Å²) in [6.45, 7) is 2.11. The fourth-order valence-corrected chi connectivity index (χ4v) is 3.48. The van der Waals surface area contributed by atoms with Gasteiger partial charge in [-0.25, -0.2) is 0 Å². The standard InChI is InChI=1S/C24H19ClN2O2/c1-16-6-5-7-18-14-19(23(28)26-22(16)18)15-27(21-8-3-2-4-9-21)24(29)17-10-12-20(25)13-11-17/h2-14H,15H2,1H3,(H,26,28). The van der Waals surface area contributed by atoms with Gasteiger partial charge in [0.05, 0.1) is 12.1 Å². The lowest BCUT2D eigenvalue weighted by Gasteiger charge is -2.23. The van der Waals surface area contributed by atoms with E-state index >= 15 is 0 Å². The third-order valence-corrected chi connectivity index (χ3v) is 5.15. The minimum Gasteiger partial charge on any atom is -0.321 e. The van der Waals surface area contributed by atoms with Crippen molar-refractivity contribution in [2.24, 2.45) is 0 Å². The maximum atomic E-state index is 13.3. The smallest absolute Gasteiger partial charge is 0.258 e. The lowest BCUT2D eigenvalue weighted by molar-refractivity contribution is 0.0985. The van der Waals surface area contributed by atoms with Gasteiger partial charge in [0.25, 0.3) is 11.5 Å². The Morgan fingerprint density at radius 1 is 0.966 bits per heavy atom. The van der Waals surface area contributed by atoms with Gasteiger partial charge in [-0.1, -0.05) is 48.0 Å². The molecule has 0 aliphatic carbocycles. The summed E-state index contributed by atoms with van der Waals surface area (Å²) < 4.78 is 0. The predicted octanol–water partition coefficient (Wildman–Crippen LogP) is 5.34. The Morgan fingerprint density at radius 2 is 1.69 bits per heavy atom. The van der Waals surface area contributed by atoms with E-state index in [1.807, 2.05) is 61.5 Å². The molecule has 0 radical (unpaired) electrons. The van der Waals surface area contributed by atoms with Gasteiger partial charge >= 0.3 is 0 Å². The van der Waals surface area contributed by atoms with E-state index in [4.69, 9.17) is 11.6 Å². The molecular formula is C24H19ClN2O2. The highest BCUT2D eigenvalue weighted by molar-refractivity contribution is 6.30. The number of hydrogen-bond acceptors (Lipinski definition) is 2. The second-order valence-electron chi connectivity index (χ2n) is 6.90. The molecule has 4 nitrogen and oxygen atoms in total. The number of benzene rings is 3. The van der Waals surface area contributed by atoms with Crippen molar-refractivity contribution in [1.82, 2.24) is 4.98 Å². The Labute approximate surface area is 173 Å². The molecule has 3 aromatic carbocycles. The van der Waals surface area contributed by atoms with E-state index in [-0.39, 0.29) is 18.0 Å². The molecule has 0 saturated carbocycles. The summed E-state index contributed by atoms with van der Waals surface area (Å²) in [6.07, 6.45) is 0. The van der Waals surface area contributed by atoms with Crippen LogP contribution >= 0.6 is 11.6 Å². The highest BCUT2D eigenvalue weighted by Crippen LogP contribution is 2.22. The molecule has 0 bridgehead atoms. The Morgan fingerprint density at radius 3 is 2.41 bits per heavy atom. The van der Waals surface area contributed by atoms with Crippen molar-refractivity contribution in [1.29, 1.82) is 0 Å². The average molecular weight is 403 g/mol. The molecule has 144 valence electrons. The number of rotatable bonds is 4. The van der Waals surface area contributed by atoms with E-state index in [2.05, 4.69) is 4.98 Å². The van der Waals surface area contributed by atoms with Crippen LogP contribution in [-0.2, 0) is 6.54 Å².